The summed E-state index contributed by atoms with van der Waals surface area (Å²) in [5.41, 5.74) is 7.79. The molecule has 0 spiro atoms. The van der Waals surface area contributed by atoms with Crippen LogP contribution >= 0.6 is 11.8 Å². The van der Waals surface area contributed by atoms with Crippen molar-refractivity contribution in [2.24, 2.45) is 5.73 Å². The van der Waals surface area contributed by atoms with Crippen molar-refractivity contribution in [1.29, 1.82) is 0 Å². The number of carbonyl (C=O) groups is 1. The third kappa shape index (κ3) is 7.23. The third-order valence-electron chi connectivity index (χ3n) is 4.91. The zero-order valence-electron chi connectivity index (χ0n) is 16.6. The molecule has 1 atom stereocenters. The van der Waals surface area contributed by atoms with E-state index in [1.807, 2.05) is 0 Å². The number of thioether (sulfide) groups is 1. The van der Waals surface area contributed by atoms with Crippen molar-refractivity contribution in [3.05, 3.63) is 42.1 Å². The second-order valence-electron chi connectivity index (χ2n) is 7.10. The quantitative estimate of drug-likeness (QED) is 0.460. The average molecular weight is 391 g/mol. The van der Waals surface area contributed by atoms with E-state index < -0.39 is 0 Å². The minimum atomic E-state index is 0.0895. The fourth-order valence-electron chi connectivity index (χ4n) is 3.27. The van der Waals surface area contributed by atoms with Gasteiger partial charge < -0.3 is 15.4 Å². The van der Waals surface area contributed by atoms with E-state index in [1.54, 1.807) is 4.90 Å². The van der Waals surface area contributed by atoms with Crippen molar-refractivity contribution < 1.29 is 9.53 Å². The predicted octanol–water partition coefficient (Wildman–Crippen LogP) is 5.37. The van der Waals surface area contributed by atoms with Crippen LogP contribution in [0.5, 0.6) is 5.75 Å². The largest absolute Gasteiger partial charge is 0.494 e. The van der Waals surface area contributed by atoms with Gasteiger partial charge >= 0.3 is 0 Å². The molecule has 0 bridgehead atoms. The number of hydrogen-bond acceptors (Lipinski definition) is 4. The lowest BCUT2D eigenvalue weighted by Gasteiger charge is -2.17. The number of benzene rings is 1. The Hall–Kier alpha value is -1.46. The highest BCUT2D eigenvalue weighted by Gasteiger charge is 2.33. The molecular weight excluding hydrogens is 356 g/mol. The Labute approximate surface area is 168 Å². The highest BCUT2D eigenvalue weighted by molar-refractivity contribution is 8.14. The van der Waals surface area contributed by atoms with Crippen LogP contribution in [0.1, 0.15) is 57.4 Å². The Morgan fingerprint density at radius 2 is 1.89 bits per heavy atom. The fraction of sp³-hybridized carbons (Fsp3) is 0.591. The number of nitrogens with zero attached hydrogens (tertiary/aromatic N) is 1. The molecule has 1 heterocycles. The average Bonchev–Trinajstić information content (AvgIpc) is 2.94. The van der Waals surface area contributed by atoms with E-state index in [4.69, 9.17) is 10.5 Å². The second-order valence-corrected chi connectivity index (χ2v) is 8.26. The number of unbranched alkanes of at least 4 members (excludes halogenated alkanes) is 4. The first-order valence-electron chi connectivity index (χ1n) is 10.2. The van der Waals surface area contributed by atoms with E-state index in [2.05, 4.69) is 37.8 Å². The van der Waals surface area contributed by atoms with E-state index in [0.29, 0.717) is 13.1 Å². The van der Waals surface area contributed by atoms with Gasteiger partial charge in [0.25, 0.3) is 5.24 Å². The van der Waals surface area contributed by atoms with Gasteiger partial charge in [-0.15, -0.1) is 0 Å². The SMILES string of the molecule is C=C1C(CCCc2ccc(OCCCCCCC)cc2)SC(=O)N1CCN. The van der Waals surface area contributed by atoms with Crippen LogP contribution in [0.4, 0.5) is 4.79 Å². The molecule has 1 aliphatic heterocycles. The van der Waals surface area contributed by atoms with Crippen molar-refractivity contribution >= 4 is 17.0 Å². The summed E-state index contributed by atoms with van der Waals surface area (Å²) in [6.45, 7) is 8.17. The molecule has 0 radical (unpaired) electrons. The van der Waals surface area contributed by atoms with Gasteiger partial charge in [0.1, 0.15) is 5.75 Å². The van der Waals surface area contributed by atoms with Gasteiger partial charge in [0, 0.05) is 18.8 Å². The molecule has 0 aromatic heterocycles. The van der Waals surface area contributed by atoms with Gasteiger partial charge in [-0.2, -0.15) is 0 Å². The number of amides is 1. The molecule has 1 amide bonds. The van der Waals surface area contributed by atoms with E-state index in [1.165, 1.54) is 43.0 Å². The molecule has 0 aliphatic carbocycles. The highest BCUT2D eigenvalue weighted by Crippen LogP contribution is 2.36. The normalized spacial score (nSPS) is 17.0. The predicted molar refractivity (Wildman–Crippen MR) is 115 cm³/mol. The third-order valence-corrected chi connectivity index (χ3v) is 6.12. The van der Waals surface area contributed by atoms with Crippen LogP contribution in [-0.4, -0.2) is 35.1 Å². The smallest absolute Gasteiger partial charge is 0.286 e. The summed E-state index contributed by atoms with van der Waals surface area (Å²) in [6.07, 6.45) is 9.29. The molecule has 5 heteroatoms. The zero-order valence-corrected chi connectivity index (χ0v) is 17.4. The molecule has 1 aliphatic rings. The molecule has 150 valence electrons. The topological polar surface area (TPSA) is 55.6 Å². The van der Waals surface area contributed by atoms with E-state index >= 15 is 0 Å². The summed E-state index contributed by atoms with van der Waals surface area (Å²) < 4.78 is 5.82. The van der Waals surface area contributed by atoms with Crippen LogP contribution in [0.15, 0.2) is 36.5 Å². The summed E-state index contributed by atoms with van der Waals surface area (Å²) in [4.78, 5) is 13.7. The first-order chi connectivity index (χ1) is 13.2. The zero-order chi connectivity index (χ0) is 19.5. The Balaban J connectivity index is 1.65. The second kappa shape index (κ2) is 12.1. The Kier molecular flexibility index (Phi) is 9.78. The lowest BCUT2D eigenvalue weighted by Crippen LogP contribution is -2.28. The van der Waals surface area contributed by atoms with Crippen LogP contribution in [0.25, 0.3) is 0 Å². The molecule has 0 saturated carbocycles. The molecule has 2 rings (SSSR count). The monoisotopic (exact) mass is 390 g/mol. The van der Waals surface area contributed by atoms with Crippen molar-refractivity contribution in [2.45, 2.75) is 63.5 Å². The first kappa shape index (κ1) is 21.8. The lowest BCUT2D eigenvalue weighted by atomic mass is 10.1. The maximum atomic E-state index is 12.0. The van der Waals surface area contributed by atoms with Gasteiger partial charge in [-0.1, -0.05) is 63.1 Å². The molecule has 27 heavy (non-hydrogen) atoms. The van der Waals surface area contributed by atoms with E-state index in [9.17, 15) is 4.79 Å². The van der Waals surface area contributed by atoms with Crippen molar-refractivity contribution in [3.63, 3.8) is 0 Å². The number of hydrogen-bond donors (Lipinski definition) is 1. The van der Waals surface area contributed by atoms with Crippen LogP contribution < -0.4 is 10.5 Å². The van der Waals surface area contributed by atoms with E-state index in [-0.39, 0.29) is 10.5 Å². The van der Waals surface area contributed by atoms with Gasteiger partial charge in [0.15, 0.2) is 0 Å². The van der Waals surface area contributed by atoms with Crippen molar-refractivity contribution in [3.8, 4) is 5.75 Å². The number of carbonyl (C=O) groups excluding carboxylic acids is 1. The Morgan fingerprint density at radius 1 is 1.15 bits per heavy atom. The maximum Gasteiger partial charge on any atom is 0.286 e. The van der Waals surface area contributed by atoms with Gasteiger partial charge in [0.2, 0.25) is 0 Å². The Bertz CT molecular complexity index is 588. The van der Waals surface area contributed by atoms with Crippen LogP contribution in [0.3, 0.4) is 0 Å². The minimum absolute atomic E-state index is 0.0895. The van der Waals surface area contributed by atoms with Crippen molar-refractivity contribution in [1.82, 2.24) is 4.90 Å². The fourth-order valence-corrected chi connectivity index (χ4v) is 4.40. The Morgan fingerprint density at radius 3 is 2.59 bits per heavy atom. The summed E-state index contributed by atoms with van der Waals surface area (Å²) >= 11 is 1.39. The van der Waals surface area contributed by atoms with Crippen LogP contribution in [0, 0.1) is 0 Å². The summed E-state index contributed by atoms with van der Waals surface area (Å²) in [5, 5.41) is 0.283. The summed E-state index contributed by atoms with van der Waals surface area (Å²) in [6, 6.07) is 8.43. The van der Waals surface area contributed by atoms with Crippen LogP contribution in [0.2, 0.25) is 0 Å². The summed E-state index contributed by atoms with van der Waals surface area (Å²) in [7, 11) is 0. The van der Waals surface area contributed by atoms with Gasteiger partial charge in [0.05, 0.1) is 11.9 Å². The highest BCUT2D eigenvalue weighted by atomic mass is 32.2. The number of aryl methyl sites for hydroxylation is 1. The molecule has 1 fully saturated rings. The molecule has 1 aromatic rings. The lowest BCUT2D eigenvalue weighted by molar-refractivity contribution is 0.238. The molecule has 4 nitrogen and oxygen atoms in total. The minimum Gasteiger partial charge on any atom is -0.494 e. The van der Waals surface area contributed by atoms with Gasteiger partial charge in [-0.3, -0.25) is 4.79 Å². The molecule has 1 saturated heterocycles. The van der Waals surface area contributed by atoms with Crippen molar-refractivity contribution in [2.75, 3.05) is 19.7 Å². The summed E-state index contributed by atoms with van der Waals surface area (Å²) in [5.74, 6) is 0.956. The van der Waals surface area contributed by atoms with Gasteiger partial charge in [-0.05, 0) is 43.4 Å². The number of rotatable bonds is 13. The molecular formula is C22H34N2O2S. The van der Waals surface area contributed by atoms with Crippen LogP contribution in [-0.2, 0) is 6.42 Å². The number of nitrogens with two attached hydrogens (primary N) is 1. The van der Waals surface area contributed by atoms with Gasteiger partial charge in [-0.25, -0.2) is 0 Å². The molecule has 1 unspecified atom stereocenters. The standard InChI is InChI=1S/C22H34N2O2S/c1-3-4-5-6-7-17-26-20-13-11-19(12-14-20)9-8-10-21-18(2)24(16-15-23)22(25)27-21/h11-14,21H,2-10,15-17,23H2,1H3. The maximum absolute atomic E-state index is 12.0. The molecule has 2 N–H and O–H groups in total. The molecule has 1 aromatic carbocycles. The first-order valence-corrected chi connectivity index (χ1v) is 11.1. The van der Waals surface area contributed by atoms with E-state index in [0.717, 1.165) is 43.7 Å². The number of ether oxygens (including phenoxy) is 1.